The molecule has 6 nitrogen and oxygen atoms in total. The molecule has 30 heavy (non-hydrogen) atoms. The number of benzene rings is 3. The lowest BCUT2D eigenvalue weighted by Gasteiger charge is -2.13. The van der Waals surface area contributed by atoms with Crippen LogP contribution in [0.3, 0.4) is 0 Å². The molecule has 3 aromatic carbocycles. The van der Waals surface area contributed by atoms with Crippen molar-refractivity contribution >= 4 is 38.3 Å². The summed E-state index contributed by atoms with van der Waals surface area (Å²) in [6.45, 7) is 0.630. The van der Waals surface area contributed by atoms with E-state index in [-0.39, 0.29) is 6.04 Å². The third kappa shape index (κ3) is 3.85. The minimum absolute atomic E-state index is 0.0241. The van der Waals surface area contributed by atoms with E-state index in [2.05, 4.69) is 51.7 Å². The fourth-order valence-electron chi connectivity index (χ4n) is 3.55. The van der Waals surface area contributed by atoms with Crippen LogP contribution in [-0.4, -0.2) is 22.6 Å². The molecular weight excluding hydrogens is 396 g/mol. The van der Waals surface area contributed by atoms with Gasteiger partial charge in [-0.3, -0.25) is 4.98 Å². The molecule has 0 fully saturated rings. The lowest BCUT2D eigenvalue weighted by molar-refractivity contribution is 0.555. The van der Waals surface area contributed by atoms with Crippen molar-refractivity contribution in [2.45, 2.75) is 12.5 Å². The van der Waals surface area contributed by atoms with Crippen molar-refractivity contribution in [2.75, 3.05) is 11.9 Å². The number of nitrogens with zero attached hydrogens (tertiary/aromatic N) is 1. The first-order valence-corrected chi connectivity index (χ1v) is 10.5. The number of nitrogens with one attached hydrogen (secondary N) is 2. The summed E-state index contributed by atoms with van der Waals surface area (Å²) in [6, 6.07) is 20.4. The van der Waals surface area contributed by atoms with Crippen LogP contribution in [-0.2, 0) is 6.42 Å². The topological polar surface area (TPSA) is 96.9 Å². The molecule has 0 amide bonds. The second-order valence-electron chi connectivity index (χ2n) is 7.28. The Hall–Kier alpha value is -3.42. The van der Waals surface area contributed by atoms with Crippen LogP contribution in [0.25, 0.3) is 32.3 Å². The highest BCUT2D eigenvalue weighted by Gasteiger charge is 2.10. The van der Waals surface area contributed by atoms with Gasteiger partial charge < -0.3 is 15.5 Å². The number of hydrogen-bond donors (Lipinski definition) is 3. The molecule has 0 saturated carbocycles. The molecule has 1 atom stereocenters. The Morgan fingerprint density at radius 2 is 1.97 bits per heavy atom. The normalized spacial score (nSPS) is 12.4. The molecule has 0 aliphatic heterocycles. The number of nitrogens with two attached hydrogens (primary N) is 1. The number of hydrogen-bond acceptors (Lipinski definition) is 6. The van der Waals surface area contributed by atoms with Crippen LogP contribution in [0.1, 0.15) is 5.56 Å². The van der Waals surface area contributed by atoms with Crippen molar-refractivity contribution < 1.29 is 4.42 Å². The molecule has 2 aromatic heterocycles. The van der Waals surface area contributed by atoms with Gasteiger partial charge in [0, 0.05) is 18.8 Å². The number of fused-ring (bicyclic) bond motifs is 2. The number of aromatic amines is 1. The van der Waals surface area contributed by atoms with E-state index >= 15 is 0 Å². The Morgan fingerprint density at radius 1 is 1.10 bits per heavy atom. The predicted octanol–water partition coefficient (Wildman–Crippen LogP) is 4.38. The van der Waals surface area contributed by atoms with Crippen LogP contribution in [0.5, 0.6) is 0 Å². The summed E-state index contributed by atoms with van der Waals surface area (Å²) < 4.78 is 5.14. The van der Waals surface area contributed by atoms with Crippen molar-refractivity contribution in [1.82, 2.24) is 9.97 Å². The minimum atomic E-state index is -0.450. The molecule has 0 radical (unpaired) electrons. The van der Waals surface area contributed by atoms with Crippen LogP contribution >= 0.6 is 11.3 Å². The van der Waals surface area contributed by atoms with Gasteiger partial charge in [0.05, 0.1) is 10.4 Å². The summed E-state index contributed by atoms with van der Waals surface area (Å²) in [7, 11) is 0. The van der Waals surface area contributed by atoms with E-state index in [1.165, 1.54) is 16.3 Å². The number of H-pyrrole nitrogens is 1. The summed E-state index contributed by atoms with van der Waals surface area (Å²) in [5, 5.41) is 6.62. The first kappa shape index (κ1) is 18.6. The summed E-state index contributed by atoms with van der Waals surface area (Å²) in [5.74, 6) is -0.450. The molecule has 4 N–H and O–H groups in total. The average Bonchev–Trinajstić information content (AvgIpc) is 3.37. The molecular formula is C23H20N4O2S. The number of anilines is 1. The standard InChI is InChI=1S/C23H20N4O2S/c24-18(10-14-5-6-15-3-1-2-4-16(15)9-14)12-25-22-26-13-21(30-22)17-7-8-19-20(11-17)29-23(28)27-19/h1-9,11,13,18H,10,12,24H2,(H,25,26)(H,27,28)/t18-/m0/s1. The zero-order valence-corrected chi connectivity index (χ0v) is 16.9. The Kier molecular flexibility index (Phi) is 4.82. The minimum Gasteiger partial charge on any atom is -0.408 e. The van der Waals surface area contributed by atoms with Gasteiger partial charge >= 0.3 is 5.76 Å². The smallest absolute Gasteiger partial charge is 0.408 e. The molecule has 0 spiro atoms. The van der Waals surface area contributed by atoms with Gasteiger partial charge in [-0.15, -0.1) is 0 Å². The van der Waals surface area contributed by atoms with Crippen LogP contribution in [0.2, 0.25) is 0 Å². The Labute approximate surface area is 176 Å². The molecule has 0 saturated heterocycles. The van der Waals surface area contributed by atoms with Crippen molar-refractivity contribution in [3.8, 4) is 10.4 Å². The van der Waals surface area contributed by atoms with Crippen LogP contribution < -0.4 is 16.8 Å². The molecule has 2 heterocycles. The van der Waals surface area contributed by atoms with E-state index in [0.717, 1.165) is 22.0 Å². The highest BCUT2D eigenvalue weighted by molar-refractivity contribution is 7.18. The van der Waals surface area contributed by atoms with Gasteiger partial charge in [-0.05, 0) is 40.5 Å². The largest absolute Gasteiger partial charge is 0.417 e. The monoisotopic (exact) mass is 416 g/mol. The molecule has 5 rings (SSSR count). The van der Waals surface area contributed by atoms with Crippen LogP contribution in [0, 0.1) is 0 Å². The maximum absolute atomic E-state index is 11.3. The Morgan fingerprint density at radius 3 is 2.87 bits per heavy atom. The van der Waals surface area contributed by atoms with Crippen LogP contribution in [0.4, 0.5) is 5.13 Å². The predicted molar refractivity (Wildman–Crippen MR) is 122 cm³/mol. The third-order valence-corrected chi connectivity index (χ3v) is 6.04. The average molecular weight is 417 g/mol. The van der Waals surface area contributed by atoms with Crippen molar-refractivity contribution in [3.05, 3.63) is 83.0 Å². The number of oxazole rings is 1. The molecule has 7 heteroatoms. The van der Waals surface area contributed by atoms with Gasteiger partial charge in [0.1, 0.15) is 0 Å². The van der Waals surface area contributed by atoms with E-state index in [0.29, 0.717) is 17.6 Å². The highest BCUT2D eigenvalue weighted by atomic mass is 32.1. The zero-order valence-electron chi connectivity index (χ0n) is 16.1. The summed E-state index contributed by atoms with van der Waals surface area (Å²) in [5.41, 5.74) is 9.76. The maximum atomic E-state index is 11.3. The SMILES string of the molecule is N[C@H](CNc1ncc(-c2ccc3[nH]c(=O)oc3c2)s1)Cc1ccc2ccccc2c1. The molecule has 0 aliphatic carbocycles. The van der Waals surface area contributed by atoms with Crippen molar-refractivity contribution in [1.29, 1.82) is 0 Å². The molecule has 150 valence electrons. The van der Waals surface area contributed by atoms with E-state index in [4.69, 9.17) is 10.2 Å². The molecule has 0 aliphatic rings. The fourth-order valence-corrected chi connectivity index (χ4v) is 4.37. The second-order valence-corrected chi connectivity index (χ2v) is 8.31. The van der Waals surface area contributed by atoms with E-state index < -0.39 is 5.76 Å². The van der Waals surface area contributed by atoms with Crippen molar-refractivity contribution in [2.24, 2.45) is 5.73 Å². The van der Waals surface area contributed by atoms with Crippen LogP contribution in [0.15, 0.2) is 76.1 Å². The van der Waals surface area contributed by atoms with Gasteiger partial charge in [-0.2, -0.15) is 0 Å². The molecule has 5 aromatic rings. The fraction of sp³-hybridized carbons (Fsp3) is 0.130. The maximum Gasteiger partial charge on any atom is 0.417 e. The quantitative estimate of drug-likeness (QED) is 0.382. The second kappa shape index (κ2) is 7.78. The lowest BCUT2D eigenvalue weighted by Crippen LogP contribution is -2.31. The summed E-state index contributed by atoms with van der Waals surface area (Å²) in [6.07, 6.45) is 2.60. The summed E-state index contributed by atoms with van der Waals surface area (Å²) in [4.78, 5) is 19.4. The first-order chi connectivity index (χ1) is 14.6. The third-order valence-electron chi connectivity index (χ3n) is 5.04. The summed E-state index contributed by atoms with van der Waals surface area (Å²) >= 11 is 1.54. The van der Waals surface area contributed by atoms with Gasteiger partial charge in [0.25, 0.3) is 0 Å². The number of rotatable bonds is 6. The van der Waals surface area contributed by atoms with Gasteiger partial charge in [0.2, 0.25) is 0 Å². The van der Waals surface area contributed by atoms with Gasteiger partial charge in [0.15, 0.2) is 10.7 Å². The van der Waals surface area contributed by atoms with E-state index in [1.54, 1.807) is 11.3 Å². The number of aromatic nitrogens is 2. The molecule has 0 bridgehead atoms. The van der Waals surface area contributed by atoms with E-state index in [1.807, 2.05) is 30.5 Å². The Balaban J connectivity index is 1.23. The van der Waals surface area contributed by atoms with Gasteiger partial charge in [-0.25, -0.2) is 9.78 Å². The Bertz CT molecular complexity index is 1380. The zero-order chi connectivity index (χ0) is 20.5. The molecule has 0 unspecified atom stereocenters. The highest BCUT2D eigenvalue weighted by Crippen LogP contribution is 2.30. The van der Waals surface area contributed by atoms with E-state index in [9.17, 15) is 4.79 Å². The number of thiazole rings is 1. The van der Waals surface area contributed by atoms with Gasteiger partial charge in [-0.1, -0.05) is 59.9 Å². The lowest BCUT2D eigenvalue weighted by atomic mass is 10.0. The first-order valence-electron chi connectivity index (χ1n) is 9.70. The van der Waals surface area contributed by atoms with Crippen molar-refractivity contribution in [3.63, 3.8) is 0 Å².